The molecule has 186 valence electrons. The van der Waals surface area contributed by atoms with Crippen LogP contribution in [0.1, 0.15) is 23.0 Å². The summed E-state index contributed by atoms with van der Waals surface area (Å²) < 4.78 is 7.78. The molecule has 7 nitrogen and oxygen atoms in total. The van der Waals surface area contributed by atoms with Crippen molar-refractivity contribution in [2.45, 2.75) is 20.0 Å². The van der Waals surface area contributed by atoms with Gasteiger partial charge in [-0.05, 0) is 60.7 Å². The highest BCUT2D eigenvalue weighted by Gasteiger charge is 2.27. The summed E-state index contributed by atoms with van der Waals surface area (Å²) in [4.78, 5) is 43.9. The van der Waals surface area contributed by atoms with Crippen molar-refractivity contribution in [2.75, 3.05) is 5.32 Å². The van der Waals surface area contributed by atoms with Crippen LogP contribution in [0.2, 0.25) is 5.02 Å². The lowest BCUT2D eigenvalue weighted by atomic mass is 9.96. The topological polar surface area (TPSA) is 90.3 Å². The number of benzene rings is 3. The van der Waals surface area contributed by atoms with Crippen LogP contribution in [0, 0.1) is 6.92 Å². The molecule has 1 unspecified atom stereocenters. The summed E-state index contributed by atoms with van der Waals surface area (Å²) in [5, 5.41) is 4.73. The molecule has 1 N–H and O–H groups in total. The van der Waals surface area contributed by atoms with Crippen LogP contribution in [-0.4, -0.2) is 27.5 Å². The fourth-order valence-corrected chi connectivity index (χ4v) is 5.27. The summed E-state index contributed by atoms with van der Waals surface area (Å²) in [6, 6.07) is 19.8. The number of pyridine rings is 1. The van der Waals surface area contributed by atoms with E-state index in [9.17, 15) is 14.4 Å². The molecule has 5 rings (SSSR count). The van der Waals surface area contributed by atoms with E-state index in [0.29, 0.717) is 32.1 Å². The molecule has 0 spiro atoms. The lowest BCUT2D eigenvalue weighted by Crippen LogP contribution is -2.32. The molecule has 3 aromatic carbocycles. The number of hydrogen-bond acceptors (Lipinski definition) is 6. The van der Waals surface area contributed by atoms with Gasteiger partial charge >= 0.3 is 5.97 Å². The second kappa shape index (κ2) is 9.80. The number of esters is 1. The Hall–Kier alpha value is -4.01. The van der Waals surface area contributed by atoms with Crippen molar-refractivity contribution in [3.8, 4) is 11.1 Å². The zero-order valence-electron chi connectivity index (χ0n) is 20.2. The Balaban J connectivity index is 1.48. The number of hydrogen-bond donors (Lipinski definition) is 1. The molecule has 0 bridgehead atoms. The number of nitrogens with zero attached hydrogens (tertiary/aromatic N) is 2. The molecule has 0 aliphatic heterocycles. The van der Waals surface area contributed by atoms with Gasteiger partial charge in [0.2, 0.25) is 0 Å². The first-order valence-electron chi connectivity index (χ1n) is 11.5. The largest absolute Gasteiger partial charge is 0.448 e. The fourth-order valence-electron chi connectivity index (χ4n) is 4.18. The van der Waals surface area contributed by atoms with Crippen molar-refractivity contribution >= 4 is 60.9 Å². The third-order valence-corrected chi connectivity index (χ3v) is 7.24. The Bertz CT molecular complexity index is 1740. The highest BCUT2D eigenvalue weighted by atomic mass is 35.5. The monoisotopic (exact) mass is 531 g/mol. The average Bonchev–Trinajstić information content (AvgIpc) is 3.27. The molecule has 0 fully saturated rings. The Morgan fingerprint density at radius 3 is 2.49 bits per heavy atom. The molecule has 1 atom stereocenters. The molecule has 0 saturated carbocycles. The maximum Gasteiger partial charge on any atom is 0.356 e. The molecule has 37 heavy (non-hydrogen) atoms. The second-order valence-corrected chi connectivity index (χ2v) is 10.1. The first kappa shape index (κ1) is 24.7. The summed E-state index contributed by atoms with van der Waals surface area (Å²) in [6.45, 7) is 3.46. The smallest absolute Gasteiger partial charge is 0.356 e. The SMILES string of the molecule is Cc1ccc2nc(NC(=O)C(C)OC(=O)c3c(-c4ccc(Cl)cc4)c4ccccc4c(=O)n3C)sc2c1. The number of anilines is 1. The summed E-state index contributed by atoms with van der Waals surface area (Å²) in [7, 11) is 1.51. The van der Waals surface area contributed by atoms with Gasteiger partial charge in [0.1, 0.15) is 5.69 Å². The highest BCUT2D eigenvalue weighted by Crippen LogP contribution is 2.32. The number of ether oxygens (including phenoxy) is 1. The van der Waals surface area contributed by atoms with Gasteiger partial charge in [0.05, 0.1) is 10.2 Å². The minimum absolute atomic E-state index is 0.0427. The van der Waals surface area contributed by atoms with Gasteiger partial charge in [0, 0.05) is 23.0 Å². The molecule has 0 saturated heterocycles. The van der Waals surface area contributed by atoms with Gasteiger partial charge in [-0.2, -0.15) is 0 Å². The van der Waals surface area contributed by atoms with Crippen LogP contribution in [0.3, 0.4) is 0 Å². The van der Waals surface area contributed by atoms with E-state index < -0.39 is 18.0 Å². The molecule has 5 aromatic rings. The minimum Gasteiger partial charge on any atom is -0.448 e. The molecule has 1 amide bonds. The summed E-state index contributed by atoms with van der Waals surface area (Å²) in [5.41, 5.74) is 2.77. The quantitative estimate of drug-likeness (QED) is 0.282. The predicted octanol–water partition coefficient (Wildman–Crippen LogP) is 5.96. The van der Waals surface area contributed by atoms with Gasteiger partial charge in [-0.15, -0.1) is 0 Å². The van der Waals surface area contributed by atoms with Crippen molar-refractivity contribution < 1.29 is 14.3 Å². The van der Waals surface area contributed by atoms with Crippen LogP contribution >= 0.6 is 22.9 Å². The number of thiazole rings is 1. The zero-order chi connectivity index (χ0) is 26.3. The van der Waals surface area contributed by atoms with Crippen molar-refractivity contribution in [3.05, 3.63) is 93.4 Å². The van der Waals surface area contributed by atoms with E-state index in [1.807, 2.05) is 25.1 Å². The molecular weight excluding hydrogens is 510 g/mol. The van der Waals surface area contributed by atoms with Crippen LogP contribution in [-0.2, 0) is 16.6 Å². The fraction of sp³-hybridized carbons (Fsp3) is 0.143. The Labute approximate surface area is 221 Å². The zero-order valence-corrected chi connectivity index (χ0v) is 21.8. The van der Waals surface area contributed by atoms with Gasteiger partial charge in [-0.3, -0.25) is 14.9 Å². The minimum atomic E-state index is -1.14. The molecule has 2 heterocycles. The van der Waals surface area contributed by atoms with Crippen molar-refractivity contribution in [2.24, 2.45) is 7.05 Å². The van der Waals surface area contributed by atoms with Crippen molar-refractivity contribution in [1.29, 1.82) is 0 Å². The van der Waals surface area contributed by atoms with Gasteiger partial charge in [0.15, 0.2) is 11.2 Å². The maximum atomic E-state index is 13.5. The summed E-state index contributed by atoms with van der Waals surface area (Å²) in [6.07, 6.45) is -1.14. The van der Waals surface area contributed by atoms with Crippen LogP contribution in [0.4, 0.5) is 5.13 Å². The molecular formula is C28H22ClN3O4S. The molecule has 2 aromatic heterocycles. The Morgan fingerprint density at radius 1 is 1.05 bits per heavy atom. The second-order valence-electron chi connectivity index (χ2n) is 8.67. The number of nitrogens with one attached hydrogen (secondary N) is 1. The Kier molecular flexibility index (Phi) is 6.54. The molecule has 0 aliphatic rings. The lowest BCUT2D eigenvalue weighted by molar-refractivity contribution is -0.123. The number of amides is 1. The number of carbonyl (C=O) groups is 2. The third-order valence-electron chi connectivity index (χ3n) is 6.06. The van der Waals surface area contributed by atoms with Crippen molar-refractivity contribution in [1.82, 2.24) is 9.55 Å². The maximum absolute atomic E-state index is 13.5. The number of fused-ring (bicyclic) bond motifs is 2. The molecule has 0 radical (unpaired) electrons. The van der Waals surface area contributed by atoms with Crippen LogP contribution in [0.25, 0.3) is 32.1 Å². The lowest BCUT2D eigenvalue weighted by Gasteiger charge is -2.18. The summed E-state index contributed by atoms with van der Waals surface area (Å²) in [5.74, 6) is -1.32. The third kappa shape index (κ3) is 4.73. The van der Waals surface area contributed by atoms with Gasteiger partial charge in [0.25, 0.3) is 11.5 Å². The standard InChI is InChI=1S/C28H22ClN3O4S/c1-15-8-13-21-22(14-15)37-28(30-21)31-25(33)16(2)36-27(35)24-23(17-9-11-18(29)12-10-17)19-6-4-5-7-20(19)26(34)32(24)3/h4-14,16H,1-3H3,(H,30,31,33). The number of halogens is 1. The number of aromatic nitrogens is 2. The first-order valence-corrected chi connectivity index (χ1v) is 12.7. The number of carbonyl (C=O) groups excluding carboxylic acids is 2. The van der Waals surface area contributed by atoms with E-state index in [-0.39, 0.29) is 11.3 Å². The predicted molar refractivity (Wildman–Crippen MR) is 147 cm³/mol. The van der Waals surface area contributed by atoms with E-state index in [4.69, 9.17) is 16.3 Å². The van der Waals surface area contributed by atoms with E-state index in [2.05, 4.69) is 10.3 Å². The van der Waals surface area contributed by atoms with Gasteiger partial charge < -0.3 is 9.30 Å². The number of aryl methyl sites for hydroxylation is 1. The normalized spacial score (nSPS) is 12.0. The van der Waals surface area contributed by atoms with Crippen molar-refractivity contribution in [3.63, 3.8) is 0 Å². The highest BCUT2D eigenvalue weighted by molar-refractivity contribution is 7.22. The van der Waals surface area contributed by atoms with E-state index in [1.165, 1.54) is 29.9 Å². The summed E-state index contributed by atoms with van der Waals surface area (Å²) >= 11 is 7.42. The van der Waals surface area contributed by atoms with Gasteiger partial charge in [-0.1, -0.05) is 59.3 Å². The van der Waals surface area contributed by atoms with E-state index in [0.717, 1.165) is 15.8 Å². The van der Waals surface area contributed by atoms with Gasteiger partial charge in [-0.25, -0.2) is 9.78 Å². The first-order chi connectivity index (χ1) is 17.7. The molecule has 9 heteroatoms. The average molecular weight is 532 g/mol. The van der Waals surface area contributed by atoms with Crippen LogP contribution in [0.15, 0.2) is 71.5 Å². The van der Waals surface area contributed by atoms with Crippen LogP contribution < -0.4 is 10.9 Å². The number of rotatable bonds is 5. The van der Waals surface area contributed by atoms with E-state index >= 15 is 0 Å². The molecule has 0 aliphatic carbocycles. The van der Waals surface area contributed by atoms with E-state index in [1.54, 1.807) is 48.5 Å². The van der Waals surface area contributed by atoms with Crippen LogP contribution in [0.5, 0.6) is 0 Å². The Morgan fingerprint density at radius 2 is 1.76 bits per heavy atom.